The second-order valence-electron chi connectivity index (χ2n) is 2.08. The number of nitrogens with one attached hydrogen (secondary N) is 2. The van der Waals surface area contributed by atoms with E-state index in [1.807, 2.05) is 0 Å². The fraction of sp³-hybridized carbons (Fsp3) is 0.333. The Morgan fingerprint density at radius 3 is 2.90 bits per heavy atom. The number of carbonyl (C=O) groups is 2. The smallest absolute Gasteiger partial charge is 0.219 e. The Hall–Kier alpha value is -1.32. The summed E-state index contributed by atoms with van der Waals surface area (Å²) in [5.41, 5.74) is 0. The lowest BCUT2D eigenvalue weighted by Crippen LogP contribution is -2.33. The Morgan fingerprint density at radius 1 is 1.80 bits per heavy atom. The van der Waals surface area contributed by atoms with Gasteiger partial charge < -0.3 is 10.6 Å². The van der Waals surface area contributed by atoms with Gasteiger partial charge in [-0.2, -0.15) is 0 Å². The van der Waals surface area contributed by atoms with Gasteiger partial charge in [0.1, 0.15) is 6.04 Å². The van der Waals surface area contributed by atoms with E-state index in [-0.39, 0.29) is 0 Å². The monoisotopic (exact) mass is 140 g/mol. The van der Waals surface area contributed by atoms with Crippen molar-refractivity contribution in [2.45, 2.75) is 6.04 Å². The van der Waals surface area contributed by atoms with E-state index in [1.165, 1.54) is 0 Å². The van der Waals surface area contributed by atoms with Crippen LogP contribution in [-0.4, -0.2) is 24.7 Å². The lowest BCUT2D eigenvalue weighted by molar-refractivity contribution is -0.130. The Bertz CT molecular complexity index is 188. The quantitative estimate of drug-likeness (QED) is 0.373. The zero-order valence-corrected chi connectivity index (χ0v) is 5.39. The predicted octanol–water partition coefficient (Wildman–Crippen LogP) is -1.21. The average molecular weight is 140 g/mol. The van der Waals surface area contributed by atoms with Gasteiger partial charge in [-0.15, -0.1) is 0 Å². The summed E-state index contributed by atoms with van der Waals surface area (Å²) in [4.78, 5) is 20.6. The molecule has 1 rings (SSSR count). The fourth-order valence-corrected chi connectivity index (χ4v) is 0.791. The Kier molecular flexibility index (Phi) is 1.71. The summed E-state index contributed by atoms with van der Waals surface area (Å²) < 4.78 is 0. The first-order chi connectivity index (χ1) is 4.74. The molecule has 0 saturated carbocycles. The highest BCUT2D eigenvalue weighted by Crippen LogP contribution is 1.94. The van der Waals surface area contributed by atoms with Crippen molar-refractivity contribution in [2.75, 3.05) is 6.54 Å². The predicted molar refractivity (Wildman–Crippen MR) is 35.1 cm³/mol. The SMILES string of the molecule is C=C1NCC(C(=O)C=O)N1. The van der Waals surface area contributed by atoms with Crippen molar-refractivity contribution in [3.63, 3.8) is 0 Å². The van der Waals surface area contributed by atoms with Crippen LogP contribution in [0.15, 0.2) is 12.4 Å². The molecule has 1 heterocycles. The summed E-state index contributed by atoms with van der Waals surface area (Å²) >= 11 is 0. The van der Waals surface area contributed by atoms with E-state index in [1.54, 1.807) is 0 Å². The molecule has 2 N–H and O–H groups in total. The Balaban J connectivity index is 2.52. The van der Waals surface area contributed by atoms with Gasteiger partial charge in [0.15, 0.2) is 6.29 Å². The number of hydrogen-bond donors (Lipinski definition) is 2. The van der Waals surface area contributed by atoms with Crippen molar-refractivity contribution < 1.29 is 9.59 Å². The lowest BCUT2D eigenvalue weighted by atomic mass is 10.2. The molecule has 10 heavy (non-hydrogen) atoms. The van der Waals surface area contributed by atoms with Gasteiger partial charge in [-0.3, -0.25) is 9.59 Å². The molecule has 1 fully saturated rings. The summed E-state index contributed by atoms with van der Waals surface area (Å²) in [6.45, 7) is 3.99. The first-order valence-electron chi connectivity index (χ1n) is 2.92. The summed E-state index contributed by atoms with van der Waals surface area (Å²) in [5, 5.41) is 5.52. The molecule has 1 aliphatic rings. The number of aldehydes is 1. The normalized spacial score (nSPS) is 23.2. The number of rotatable bonds is 2. The Morgan fingerprint density at radius 2 is 2.50 bits per heavy atom. The van der Waals surface area contributed by atoms with Gasteiger partial charge >= 0.3 is 0 Å². The molecule has 0 aromatic rings. The molecule has 0 bridgehead atoms. The van der Waals surface area contributed by atoms with E-state index in [4.69, 9.17) is 0 Å². The molecule has 4 heteroatoms. The van der Waals surface area contributed by atoms with Crippen LogP contribution in [0.4, 0.5) is 0 Å². The molecule has 4 nitrogen and oxygen atoms in total. The van der Waals surface area contributed by atoms with Crippen LogP contribution in [0.1, 0.15) is 0 Å². The van der Waals surface area contributed by atoms with Crippen LogP contribution < -0.4 is 10.6 Å². The molecule has 54 valence electrons. The molecule has 0 radical (unpaired) electrons. The van der Waals surface area contributed by atoms with E-state index in [0.717, 1.165) is 0 Å². The van der Waals surface area contributed by atoms with Gasteiger partial charge in [-0.05, 0) is 0 Å². The third-order valence-electron chi connectivity index (χ3n) is 1.33. The van der Waals surface area contributed by atoms with Crippen LogP contribution in [0.5, 0.6) is 0 Å². The minimum atomic E-state index is -0.439. The van der Waals surface area contributed by atoms with Crippen LogP contribution in [0, 0.1) is 0 Å². The fourth-order valence-electron chi connectivity index (χ4n) is 0.791. The highest BCUT2D eigenvalue weighted by atomic mass is 16.2. The van der Waals surface area contributed by atoms with Crippen molar-refractivity contribution in [1.29, 1.82) is 0 Å². The maximum absolute atomic E-state index is 10.6. The maximum atomic E-state index is 10.6. The molecule has 1 unspecified atom stereocenters. The summed E-state index contributed by atoms with van der Waals surface area (Å²) in [5.74, 6) is 0.159. The van der Waals surface area contributed by atoms with E-state index >= 15 is 0 Å². The Labute approximate surface area is 58.3 Å². The first kappa shape index (κ1) is 6.80. The first-order valence-corrected chi connectivity index (χ1v) is 2.92. The van der Waals surface area contributed by atoms with E-state index in [9.17, 15) is 9.59 Å². The van der Waals surface area contributed by atoms with E-state index < -0.39 is 11.8 Å². The zero-order valence-electron chi connectivity index (χ0n) is 5.39. The van der Waals surface area contributed by atoms with Crippen LogP contribution in [0.25, 0.3) is 0 Å². The van der Waals surface area contributed by atoms with Crippen molar-refractivity contribution >= 4 is 12.1 Å². The zero-order chi connectivity index (χ0) is 7.56. The highest BCUT2D eigenvalue weighted by Gasteiger charge is 2.22. The molecule has 0 spiro atoms. The largest absolute Gasteiger partial charge is 0.370 e. The van der Waals surface area contributed by atoms with E-state index in [0.29, 0.717) is 18.7 Å². The number of ketones is 1. The molecular weight excluding hydrogens is 132 g/mol. The highest BCUT2D eigenvalue weighted by molar-refractivity contribution is 6.27. The third-order valence-corrected chi connectivity index (χ3v) is 1.33. The molecule has 1 aliphatic heterocycles. The molecule has 0 amide bonds. The van der Waals surface area contributed by atoms with Crippen molar-refractivity contribution in [2.24, 2.45) is 0 Å². The maximum Gasteiger partial charge on any atom is 0.219 e. The van der Waals surface area contributed by atoms with Gasteiger partial charge in [-0.25, -0.2) is 0 Å². The summed E-state index contributed by atoms with van der Waals surface area (Å²) in [7, 11) is 0. The lowest BCUT2D eigenvalue weighted by Gasteiger charge is -2.00. The molecule has 1 saturated heterocycles. The van der Waals surface area contributed by atoms with Crippen molar-refractivity contribution in [3.05, 3.63) is 12.4 Å². The molecule has 0 aromatic heterocycles. The van der Waals surface area contributed by atoms with Crippen LogP contribution in [-0.2, 0) is 9.59 Å². The van der Waals surface area contributed by atoms with Gasteiger partial charge in [0.25, 0.3) is 0 Å². The molecule has 1 atom stereocenters. The minimum absolute atomic E-state index is 0.317. The second-order valence-corrected chi connectivity index (χ2v) is 2.08. The van der Waals surface area contributed by atoms with Crippen LogP contribution >= 0.6 is 0 Å². The second kappa shape index (κ2) is 2.51. The molecular formula is C6H8N2O2. The number of Topliss-reactive ketones (excluding diaryl/α,β-unsaturated/α-hetero) is 1. The number of hydrogen-bond acceptors (Lipinski definition) is 4. The van der Waals surface area contributed by atoms with Crippen molar-refractivity contribution in [1.82, 2.24) is 10.6 Å². The molecule has 0 aliphatic carbocycles. The molecule has 0 aromatic carbocycles. The van der Waals surface area contributed by atoms with E-state index in [2.05, 4.69) is 17.2 Å². The summed E-state index contributed by atoms with van der Waals surface area (Å²) in [6.07, 6.45) is 0.317. The third kappa shape index (κ3) is 1.15. The van der Waals surface area contributed by atoms with Crippen LogP contribution in [0.3, 0.4) is 0 Å². The van der Waals surface area contributed by atoms with Gasteiger partial charge in [0.2, 0.25) is 5.78 Å². The topological polar surface area (TPSA) is 58.2 Å². The van der Waals surface area contributed by atoms with Gasteiger partial charge in [-0.1, -0.05) is 6.58 Å². The van der Waals surface area contributed by atoms with Crippen LogP contribution in [0.2, 0.25) is 0 Å². The standard InChI is InChI=1S/C6H8N2O2/c1-4-7-2-5(8-4)6(10)3-9/h3,5,7-8H,1-2H2. The van der Waals surface area contributed by atoms with Gasteiger partial charge in [0, 0.05) is 6.54 Å². The summed E-state index contributed by atoms with van der Waals surface area (Å²) in [6, 6.07) is -0.412. The minimum Gasteiger partial charge on any atom is -0.370 e. The number of carbonyl (C=O) groups excluding carboxylic acids is 2. The average Bonchev–Trinajstić information content (AvgIpc) is 2.34. The van der Waals surface area contributed by atoms with Gasteiger partial charge in [0.05, 0.1) is 5.82 Å². The van der Waals surface area contributed by atoms with Crippen molar-refractivity contribution in [3.8, 4) is 0 Å².